The standard InChI is InChI=1S/C19H28N6O4S/c1-13-10-17(22-29-13)20-18(26)11-23-5-7-24(8-6-23)19-14(2)21-25(15(19)3)16-4-9-30(27,28)12-16/h10,16H,4-9,11-12H2,1-3H3,(H,20,22,26)/t16-/m0/s1. The monoisotopic (exact) mass is 436 g/mol. The maximum atomic E-state index is 12.2. The number of sulfone groups is 1. The molecule has 2 aromatic heterocycles. The van der Waals surface area contributed by atoms with Gasteiger partial charge >= 0.3 is 0 Å². The van der Waals surface area contributed by atoms with Crippen molar-refractivity contribution in [3.63, 3.8) is 0 Å². The van der Waals surface area contributed by atoms with Crippen LogP contribution in [0, 0.1) is 20.8 Å². The Labute approximate surface area is 176 Å². The molecular formula is C19H28N6O4S. The Morgan fingerprint density at radius 2 is 1.97 bits per heavy atom. The van der Waals surface area contributed by atoms with Crippen LogP contribution in [0.5, 0.6) is 0 Å². The van der Waals surface area contributed by atoms with Crippen molar-refractivity contribution < 1.29 is 17.7 Å². The van der Waals surface area contributed by atoms with Gasteiger partial charge in [-0.1, -0.05) is 5.16 Å². The van der Waals surface area contributed by atoms with Crippen molar-refractivity contribution in [1.29, 1.82) is 0 Å². The number of hydrogen-bond acceptors (Lipinski definition) is 8. The van der Waals surface area contributed by atoms with Crippen molar-refractivity contribution in [2.24, 2.45) is 0 Å². The molecule has 11 heteroatoms. The van der Waals surface area contributed by atoms with Gasteiger partial charge in [0.1, 0.15) is 5.76 Å². The summed E-state index contributed by atoms with van der Waals surface area (Å²) in [6.45, 7) is 9.15. The van der Waals surface area contributed by atoms with Crippen molar-refractivity contribution in [2.75, 3.05) is 54.4 Å². The molecule has 2 fully saturated rings. The number of aryl methyl sites for hydroxylation is 2. The molecule has 1 amide bonds. The van der Waals surface area contributed by atoms with E-state index in [9.17, 15) is 13.2 Å². The van der Waals surface area contributed by atoms with E-state index >= 15 is 0 Å². The Hall–Kier alpha value is -2.40. The fourth-order valence-corrected chi connectivity index (χ4v) is 6.07. The van der Waals surface area contributed by atoms with Crippen LogP contribution in [0.2, 0.25) is 0 Å². The molecule has 1 N–H and O–H groups in total. The predicted molar refractivity (Wildman–Crippen MR) is 113 cm³/mol. The zero-order valence-electron chi connectivity index (χ0n) is 17.6. The second kappa shape index (κ2) is 8.03. The molecule has 0 aromatic carbocycles. The highest BCUT2D eigenvalue weighted by Crippen LogP contribution is 2.31. The van der Waals surface area contributed by atoms with Crippen LogP contribution in [0.15, 0.2) is 10.6 Å². The lowest BCUT2D eigenvalue weighted by Crippen LogP contribution is -2.49. The van der Waals surface area contributed by atoms with E-state index in [4.69, 9.17) is 4.52 Å². The summed E-state index contributed by atoms with van der Waals surface area (Å²) in [6, 6.07) is 1.61. The van der Waals surface area contributed by atoms with Crippen molar-refractivity contribution in [3.8, 4) is 0 Å². The van der Waals surface area contributed by atoms with Crippen LogP contribution in [0.3, 0.4) is 0 Å². The van der Waals surface area contributed by atoms with E-state index in [1.807, 2.05) is 18.5 Å². The molecule has 30 heavy (non-hydrogen) atoms. The largest absolute Gasteiger partial charge is 0.366 e. The number of amides is 1. The number of nitrogens with zero attached hydrogens (tertiary/aromatic N) is 5. The highest BCUT2D eigenvalue weighted by molar-refractivity contribution is 7.91. The predicted octanol–water partition coefficient (Wildman–Crippen LogP) is 0.917. The molecule has 10 nitrogen and oxygen atoms in total. The fraction of sp³-hybridized carbons (Fsp3) is 0.632. The van der Waals surface area contributed by atoms with Gasteiger partial charge in [0, 0.05) is 32.2 Å². The first kappa shape index (κ1) is 20.9. The summed E-state index contributed by atoms with van der Waals surface area (Å²) >= 11 is 0. The molecule has 2 saturated heterocycles. The average molecular weight is 437 g/mol. The fourth-order valence-electron chi connectivity index (χ4n) is 4.38. The summed E-state index contributed by atoms with van der Waals surface area (Å²) in [5.41, 5.74) is 3.02. The third-order valence-electron chi connectivity index (χ3n) is 5.79. The summed E-state index contributed by atoms with van der Waals surface area (Å²) in [6.07, 6.45) is 0.623. The van der Waals surface area contributed by atoms with Gasteiger partial charge in [-0.05, 0) is 27.2 Å². The van der Waals surface area contributed by atoms with Crippen molar-refractivity contribution in [2.45, 2.75) is 33.2 Å². The van der Waals surface area contributed by atoms with Gasteiger partial charge in [0.15, 0.2) is 15.7 Å². The van der Waals surface area contributed by atoms with Gasteiger partial charge in [-0.2, -0.15) is 5.10 Å². The topological polar surface area (TPSA) is 114 Å². The number of anilines is 2. The molecule has 0 spiro atoms. The van der Waals surface area contributed by atoms with Crippen molar-refractivity contribution >= 4 is 27.2 Å². The second-order valence-corrected chi connectivity index (χ2v) is 10.4. The summed E-state index contributed by atoms with van der Waals surface area (Å²) in [7, 11) is -2.96. The molecule has 4 heterocycles. The van der Waals surface area contributed by atoms with E-state index in [1.54, 1.807) is 13.0 Å². The first-order valence-corrected chi connectivity index (χ1v) is 12.0. The molecule has 2 aliphatic heterocycles. The molecule has 2 aliphatic rings. The lowest BCUT2D eigenvalue weighted by molar-refractivity contribution is -0.117. The van der Waals surface area contributed by atoms with E-state index in [2.05, 4.69) is 25.4 Å². The van der Waals surface area contributed by atoms with Gasteiger partial charge in [0.2, 0.25) is 5.91 Å². The van der Waals surface area contributed by atoms with Gasteiger partial charge in [0.05, 0.1) is 41.2 Å². The van der Waals surface area contributed by atoms with Gasteiger partial charge in [-0.25, -0.2) is 8.42 Å². The third kappa shape index (κ3) is 4.36. The van der Waals surface area contributed by atoms with Gasteiger partial charge in [-0.15, -0.1) is 0 Å². The van der Waals surface area contributed by atoms with Crippen LogP contribution in [0.1, 0.15) is 29.6 Å². The molecule has 0 radical (unpaired) electrons. The Kier molecular flexibility index (Phi) is 5.58. The zero-order chi connectivity index (χ0) is 21.5. The minimum Gasteiger partial charge on any atom is -0.366 e. The Morgan fingerprint density at radius 3 is 2.57 bits per heavy atom. The van der Waals surface area contributed by atoms with E-state index in [0.29, 0.717) is 24.5 Å². The van der Waals surface area contributed by atoms with E-state index < -0.39 is 9.84 Å². The first-order valence-electron chi connectivity index (χ1n) is 10.2. The number of piperazine rings is 1. The molecular weight excluding hydrogens is 408 g/mol. The molecule has 0 unspecified atom stereocenters. The van der Waals surface area contributed by atoms with Crippen molar-refractivity contribution in [3.05, 3.63) is 23.2 Å². The first-order chi connectivity index (χ1) is 14.2. The quantitative estimate of drug-likeness (QED) is 0.736. The average Bonchev–Trinajstić information content (AvgIpc) is 3.33. The zero-order valence-corrected chi connectivity index (χ0v) is 18.4. The van der Waals surface area contributed by atoms with E-state index in [0.717, 1.165) is 43.3 Å². The molecule has 1 atom stereocenters. The Morgan fingerprint density at radius 1 is 1.23 bits per heavy atom. The molecule has 0 bridgehead atoms. The molecule has 0 aliphatic carbocycles. The van der Waals surface area contributed by atoms with E-state index in [1.165, 1.54) is 0 Å². The number of carbonyl (C=O) groups excluding carboxylic acids is 1. The highest BCUT2D eigenvalue weighted by Gasteiger charge is 2.32. The molecule has 4 rings (SSSR count). The lowest BCUT2D eigenvalue weighted by Gasteiger charge is -2.35. The minimum atomic E-state index is -2.96. The van der Waals surface area contributed by atoms with Crippen LogP contribution >= 0.6 is 0 Å². The summed E-state index contributed by atoms with van der Waals surface area (Å²) in [4.78, 5) is 16.6. The second-order valence-electron chi connectivity index (χ2n) is 8.16. The smallest absolute Gasteiger partial charge is 0.239 e. The number of aromatic nitrogens is 3. The number of hydrogen-bond donors (Lipinski definition) is 1. The van der Waals surface area contributed by atoms with Crippen LogP contribution < -0.4 is 10.2 Å². The van der Waals surface area contributed by atoms with Gasteiger partial charge < -0.3 is 14.7 Å². The van der Waals surface area contributed by atoms with Crippen LogP contribution in [-0.2, 0) is 14.6 Å². The highest BCUT2D eigenvalue weighted by atomic mass is 32.2. The van der Waals surface area contributed by atoms with Crippen LogP contribution in [0.4, 0.5) is 11.5 Å². The summed E-state index contributed by atoms with van der Waals surface area (Å²) in [5, 5.41) is 11.2. The number of carbonyl (C=O) groups is 1. The minimum absolute atomic E-state index is 0.0763. The lowest BCUT2D eigenvalue weighted by atomic mass is 10.2. The van der Waals surface area contributed by atoms with Crippen LogP contribution in [-0.4, -0.2) is 78.4 Å². The van der Waals surface area contributed by atoms with Crippen LogP contribution in [0.25, 0.3) is 0 Å². The Bertz CT molecular complexity index is 1040. The van der Waals surface area contributed by atoms with Gasteiger partial charge in [-0.3, -0.25) is 14.4 Å². The van der Waals surface area contributed by atoms with E-state index in [-0.39, 0.29) is 23.5 Å². The molecule has 2 aromatic rings. The summed E-state index contributed by atoms with van der Waals surface area (Å²) in [5.74, 6) is 1.38. The molecule has 164 valence electrons. The van der Waals surface area contributed by atoms with Gasteiger partial charge in [0.25, 0.3) is 0 Å². The number of rotatable bonds is 5. The SMILES string of the molecule is Cc1cc(NC(=O)CN2CCN(c3c(C)nn([C@H]4CCS(=O)(=O)C4)c3C)CC2)no1. The van der Waals surface area contributed by atoms with Crippen molar-refractivity contribution in [1.82, 2.24) is 19.8 Å². The maximum Gasteiger partial charge on any atom is 0.239 e. The maximum absolute atomic E-state index is 12.2. The third-order valence-corrected chi connectivity index (χ3v) is 7.54. The molecule has 0 saturated carbocycles. The number of nitrogens with one attached hydrogen (secondary N) is 1. The summed E-state index contributed by atoms with van der Waals surface area (Å²) < 4.78 is 30.6. The normalized spacial score (nSPS) is 21.8. The Balaban J connectivity index is 1.35.